The minimum Gasteiger partial charge on any atom is -0.335 e. The molecule has 0 fully saturated rings. The molecule has 0 saturated carbocycles. The number of nitrogens with zero attached hydrogens (tertiary/aromatic N) is 2. The fraction of sp³-hybridized carbons (Fsp3) is 0.333. The maximum atomic E-state index is 13.8. The smallest absolute Gasteiger partial charge is 0.243 e. The number of amides is 2. The lowest BCUT2D eigenvalue weighted by atomic mass is 10.1. The summed E-state index contributed by atoms with van der Waals surface area (Å²) in [5.74, 6) is -0.763. The van der Waals surface area contributed by atoms with E-state index in [2.05, 4.69) is 5.32 Å². The molecule has 0 aliphatic heterocycles. The quantitative estimate of drug-likeness (QED) is 0.814. The first kappa shape index (κ1) is 20.6. The van der Waals surface area contributed by atoms with Gasteiger partial charge < -0.3 is 10.2 Å². The van der Waals surface area contributed by atoms with Crippen molar-refractivity contribution in [3.63, 3.8) is 0 Å². The first-order valence-corrected chi connectivity index (χ1v) is 8.83. The van der Waals surface area contributed by atoms with Gasteiger partial charge in [-0.1, -0.05) is 35.9 Å². The minimum absolute atomic E-state index is 0.0510. The van der Waals surface area contributed by atoms with Crippen molar-refractivity contribution in [2.75, 3.05) is 26.0 Å². The molecule has 0 aromatic heterocycles. The molecule has 0 aliphatic carbocycles. The highest BCUT2D eigenvalue weighted by atomic mass is 19.1. The number of halogens is 1. The number of aryl methyl sites for hydroxylation is 1. The van der Waals surface area contributed by atoms with Gasteiger partial charge in [0.05, 0.1) is 12.6 Å². The normalized spacial score (nSPS) is 11.9. The van der Waals surface area contributed by atoms with Crippen LogP contribution < -0.4 is 5.32 Å². The van der Waals surface area contributed by atoms with Crippen LogP contribution in [0.15, 0.2) is 48.5 Å². The Morgan fingerprint density at radius 2 is 1.70 bits per heavy atom. The zero-order valence-electron chi connectivity index (χ0n) is 16.2. The van der Waals surface area contributed by atoms with E-state index in [1.807, 2.05) is 31.2 Å². The molecular weight excluding hydrogens is 345 g/mol. The van der Waals surface area contributed by atoms with Crippen molar-refractivity contribution in [2.24, 2.45) is 0 Å². The van der Waals surface area contributed by atoms with Gasteiger partial charge in [-0.25, -0.2) is 4.39 Å². The third kappa shape index (κ3) is 5.89. The summed E-state index contributed by atoms with van der Waals surface area (Å²) in [6, 6.07) is 13.5. The second-order valence-corrected chi connectivity index (χ2v) is 6.79. The predicted octanol–water partition coefficient (Wildman–Crippen LogP) is 3.05. The van der Waals surface area contributed by atoms with E-state index in [4.69, 9.17) is 0 Å². The number of anilines is 1. The van der Waals surface area contributed by atoms with Crippen molar-refractivity contribution >= 4 is 17.5 Å². The van der Waals surface area contributed by atoms with Crippen LogP contribution in [0.25, 0.3) is 0 Å². The first-order chi connectivity index (χ1) is 12.8. The van der Waals surface area contributed by atoms with Crippen LogP contribution in [0.1, 0.15) is 18.1 Å². The largest absolute Gasteiger partial charge is 0.335 e. The third-order valence-electron chi connectivity index (χ3n) is 4.49. The fourth-order valence-electron chi connectivity index (χ4n) is 2.67. The summed E-state index contributed by atoms with van der Waals surface area (Å²) in [7, 11) is 3.35. The van der Waals surface area contributed by atoms with Crippen molar-refractivity contribution in [2.45, 2.75) is 26.4 Å². The van der Waals surface area contributed by atoms with Gasteiger partial charge in [0.25, 0.3) is 0 Å². The van der Waals surface area contributed by atoms with E-state index in [9.17, 15) is 14.0 Å². The minimum atomic E-state index is -0.484. The number of rotatable bonds is 7. The molecule has 2 amide bonds. The lowest BCUT2D eigenvalue weighted by Crippen LogP contribution is -2.46. The van der Waals surface area contributed by atoms with Crippen molar-refractivity contribution in [1.29, 1.82) is 0 Å². The standard InChI is InChI=1S/C21H26FN3O2/c1-15-9-11-18(12-10-15)23-20(26)14-25(4)21(27)16(2)24(3)13-17-7-5-6-8-19(17)22/h5-12,16H,13-14H2,1-4H3,(H,23,26)/t16-/m1/s1. The summed E-state index contributed by atoms with van der Waals surface area (Å²) in [5.41, 5.74) is 2.32. The predicted molar refractivity (Wildman–Crippen MR) is 105 cm³/mol. The number of nitrogens with one attached hydrogen (secondary N) is 1. The Morgan fingerprint density at radius 1 is 1.07 bits per heavy atom. The zero-order chi connectivity index (χ0) is 20.0. The van der Waals surface area contributed by atoms with Gasteiger partial charge in [0, 0.05) is 24.8 Å². The molecule has 2 rings (SSSR count). The third-order valence-corrected chi connectivity index (χ3v) is 4.49. The SMILES string of the molecule is Cc1ccc(NC(=O)CN(C)C(=O)[C@@H](C)N(C)Cc2ccccc2F)cc1. The van der Waals surface area contributed by atoms with Gasteiger partial charge in [-0.05, 0) is 39.1 Å². The average Bonchev–Trinajstić information content (AvgIpc) is 2.64. The summed E-state index contributed by atoms with van der Waals surface area (Å²) in [5, 5.41) is 2.77. The molecule has 0 bridgehead atoms. The average molecular weight is 371 g/mol. The molecule has 0 spiro atoms. The second-order valence-electron chi connectivity index (χ2n) is 6.79. The van der Waals surface area contributed by atoms with Crippen LogP contribution in [0, 0.1) is 12.7 Å². The summed E-state index contributed by atoms with van der Waals surface area (Å²) < 4.78 is 13.8. The van der Waals surface area contributed by atoms with Crippen molar-refractivity contribution in [3.05, 3.63) is 65.5 Å². The van der Waals surface area contributed by atoms with Crippen LogP contribution in [0.3, 0.4) is 0 Å². The van der Waals surface area contributed by atoms with Crippen LogP contribution in [-0.2, 0) is 16.1 Å². The van der Waals surface area contributed by atoms with E-state index < -0.39 is 6.04 Å². The van der Waals surface area contributed by atoms with E-state index in [0.29, 0.717) is 17.8 Å². The molecule has 1 N–H and O–H groups in total. The molecule has 1 atom stereocenters. The highest BCUT2D eigenvalue weighted by Gasteiger charge is 2.23. The van der Waals surface area contributed by atoms with E-state index in [0.717, 1.165) is 5.56 Å². The van der Waals surface area contributed by atoms with Crippen LogP contribution in [0.4, 0.5) is 10.1 Å². The Balaban J connectivity index is 1.89. The number of benzene rings is 2. The lowest BCUT2D eigenvalue weighted by Gasteiger charge is -2.28. The molecule has 0 radical (unpaired) electrons. The molecule has 2 aromatic rings. The van der Waals surface area contributed by atoms with Crippen molar-refractivity contribution in [1.82, 2.24) is 9.80 Å². The Morgan fingerprint density at radius 3 is 2.33 bits per heavy atom. The van der Waals surface area contributed by atoms with Gasteiger partial charge in [0.2, 0.25) is 11.8 Å². The van der Waals surface area contributed by atoms with Gasteiger partial charge in [-0.15, -0.1) is 0 Å². The molecule has 6 heteroatoms. The number of likely N-dealkylation sites (N-methyl/N-ethyl adjacent to an activating group) is 2. The summed E-state index contributed by atoms with van der Waals surface area (Å²) >= 11 is 0. The van der Waals surface area contributed by atoms with E-state index in [1.165, 1.54) is 11.0 Å². The molecule has 0 heterocycles. The first-order valence-electron chi connectivity index (χ1n) is 8.83. The molecule has 144 valence electrons. The summed E-state index contributed by atoms with van der Waals surface area (Å²) in [4.78, 5) is 27.9. The highest BCUT2D eigenvalue weighted by molar-refractivity contribution is 5.95. The van der Waals surface area contributed by atoms with Gasteiger partial charge in [-0.2, -0.15) is 0 Å². The Hall–Kier alpha value is -2.73. The topological polar surface area (TPSA) is 52.7 Å². The van der Waals surface area contributed by atoms with Crippen LogP contribution in [0.5, 0.6) is 0 Å². The maximum Gasteiger partial charge on any atom is 0.243 e. The number of hydrogen-bond acceptors (Lipinski definition) is 3. The molecular formula is C21H26FN3O2. The highest BCUT2D eigenvalue weighted by Crippen LogP contribution is 2.12. The fourth-order valence-corrected chi connectivity index (χ4v) is 2.67. The van der Waals surface area contributed by atoms with Crippen LogP contribution in [-0.4, -0.2) is 48.3 Å². The van der Waals surface area contributed by atoms with Crippen LogP contribution >= 0.6 is 0 Å². The number of carbonyl (C=O) groups is 2. The number of carbonyl (C=O) groups excluding carboxylic acids is 2. The molecule has 27 heavy (non-hydrogen) atoms. The Kier molecular flexibility index (Phi) is 7.07. The van der Waals surface area contributed by atoms with Gasteiger partial charge in [0.1, 0.15) is 5.82 Å². The summed E-state index contributed by atoms with van der Waals surface area (Å²) in [6.45, 7) is 3.97. The summed E-state index contributed by atoms with van der Waals surface area (Å²) in [6.07, 6.45) is 0. The molecule has 5 nitrogen and oxygen atoms in total. The number of hydrogen-bond donors (Lipinski definition) is 1. The van der Waals surface area contributed by atoms with E-state index >= 15 is 0 Å². The van der Waals surface area contributed by atoms with Crippen LogP contribution in [0.2, 0.25) is 0 Å². The van der Waals surface area contributed by atoms with Gasteiger partial charge >= 0.3 is 0 Å². The Bertz CT molecular complexity index is 792. The molecule has 0 aliphatic rings. The van der Waals surface area contributed by atoms with E-state index in [1.54, 1.807) is 44.1 Å². The van der Waals surface area contributed by atoms with E-state index in [-0.39, 0.29) is 24.2 Å². The second kappa shape index (κ2) is 9.28. The van der Waals surface area contributed by atoms with Crippen molar-refractivity contribution < 1.29 is 14.0 Å². The molecule has 0 unspecified atom stereocenters. The monoisotopic (exact) mass is 371 g/mol. The molecule has 0 saturated heterocycles. The Labute approximate surface area is 159 Å². The lowest BCUT2D eigenvalue weighted by molar-refractivity contribution is -0.137. The van der Waals surface area contributed by atoms with Gasteiger partial charge in [-0.3, -0.25) is 14.5 Å². The zero-order valence-corrected chi connectivity index (χ0v) is 16.2. The maximum absolute atomic E-state index is 13.8. The molecule has 2 aromatic carbocycles. The van der Waals surface area contributed by atoms with Crippen molar-refractivity contribution in [3.8, 4) is 0 Å². The van der Waals surface area contributed by atoms with Gasteiger partial charge in [0.15, 0.2) is 0 Å².